The van der Waals surface area contributed by atoms with Crippen LogP contribution in [0, 0.1) is 10.8 Å². The Balaban J connectivity index is 4.67. The summed E-state index contributed by atoms with van der Waals surface area (Å²) in [6.07, 6.45) is 29.8. The highest BCUT2D eigenvalue weighted by Crippen LogP contribution is 2.57. The van der Waals surface area contributed by atoms with Crippen LogP contribution in [-0.4, -0.2) is 25.0 Å². The van der Waals surface area contributed by atoms with Gasteiger partial charge < -0.3 is 0 Å². The van der Waals surface area contributed by atoms with E-state index in [0.717, 1.165) is 6.54 Å². The van der Waals surface area contributed by atoms with Crippen molar-refractivity contribution in [2.24, 2.45) is 0 Å². The van der Waals surface area contributed by atoms with E-state index in [1.807, 2.05) is 0 Å². The molecule has 178 valence electrons. The van der Waals surface area contributed by atoms with Gasteiger partial charge in [0.25, 0.3) is 0 Å². The molecule has 0 atom stereocenters. The van der Waals surface area contributed by atoms with E-state index in [1.165, 1.54) is 134 Å². The fourth-order valence-electron chi connectivity index (χ4n) is 4.40. The highest BCUT2D eigenvalue weighted by Gasteiger charge is 2.35. The minimum Gasteiger partial charge on any atom is -0.181 e. The highest BCUT2D eigenvalue weighted by atomic mass is 79.9. The second-order valence-corrected chi connectivity index (χ2v) is 13.6. The van der Waals surface area contributed by atoms with Crippen LogP contribution >= 0.6 is 23.3 Å². The van der Waals surface area contributed by atoms with Gasteiger partial charge in [0.05, 0.1) is 32.4 Å². The van der Waals surface area contributed by atoms with Gasteiger partial charge in [-0.15, -0.1) is 0 Å². The van der Waals surface area contributed by atoms with E-state index in [-0.39, 0.29) is 0 Å². The Morgan fingerprint density at radius 2 is 0.867 bits per heavy atom. The monoisotopic (exact) mass is 502 g/mol. The molecule has 0 radical (unpaired) electrons. The Morgan fingerprint density at radius 1 is 0.533 bits per heavy atom. The van der Waals surface area contributed by atoms with Crippen molar-refractivity contribution >= 4 is 23.3 Å². The summed E-state index contributed by atoms with van der Waals surface area (Å²) < 4.78 is 0. The first kappa shape index (κ1) is 30.4. The van der Waals surface area contributed by atoms with Crippen LogP contribution in [-0.2, 0) is 0 Å². The van der Waals surface area contributed by atoms with E-state index in [1.54, 1.807) is 0 Å². The third-order valence-corrected chi connectivity index (χ3v) is 11.0. The van der Waals surface area contributed by atoms with Crippen molar-refractivity contribution in [1.82, 2.24) is 5.09 Å². The maximum Gasteiger partial charge on any atom is 0.0920 e. The van der Waals surface area contributed by atoms with E-state index >= 15 is 0 Å². The average molecular weight is 504 g/mol. The summed E-state index contributed by atoms with van der Waals surface area (Å²) >= 11 is 3.29. The Hall–Kier alpha value is 0.430. The fourth-order valence-corrected chi connectivity index (χ4v) is 8.58. The van der Waals surface area contributed by atoms with Crippen molar-refractivity contribution in [2.45, 2.75) is 136 Å². The van der Waals surface area contributed by atoms with Crippen LogP contribution < -0.4 is 5.09 Å². The first-order chi connectivity index (χ1) is 14.7. The molecule has 1 nitrogen and oxygen atoms in total. The van der Waals surface area contributed by atoms with Crippen molar-refractivity contribution in [3.05, 3.63) is 0 Å². The minimum absolute atomic E-state index is 0.876. The second-order valence-electron chi connectivity index (χ2n) is 9.23. The van der Waals surface area contributed by atoms with Crippen molar-refractivity contribution in [1.29, 1.82) is 0 Å². The number of hydrogen-bond donors (Lipinski definition) is 1. The molecule has 0 unspecified atom stereocenters. The van der Waals surface area contributed by atoms with Crippen LogP contribution in [0.2, 0.25) is 0 Å². The summed E-state index contributed by atoms with van der Waals surface area (Å²) in [5.74, 6) is 3.24. The van der Waals surface area contributed by atoms with Gasteiger partial charge in [-0.1, -0.05) is 104 Å². The SMILES string of the molecule is CCCCCCCC[P+](CCCCCCCC)(CCCCCCCC)NCC#CBr. The maximum atomic E-state index is 4.05. The Bertz CT molecular complexity index is 361. The molecule has 0 aromatic heterocycles. The molecule has 0 fully saturated rings. The van der Waals surface area contributed by atoms with Crippen molar-refractivity contribution in [2.75, 3.05) is 25.0 Å². The molecule has 3 heteroatoms. The predicted molar refractivity (Wildman–Crippen MR) is 146 cm³/mol. The van der Waals surface area contributed by atoms with Gasteiger partial charge >= 0.3 is 0 Å². The summed E-state index contributed by atoms with van der Waals surface area (Å²) in [5.41, 5.74) is 0. The number of halogens is 1. The lowest BCUT2D eigenvalue weighted by molar-refractivity contribution is 0.614. The Morgan fingerprint density at radius 3 is 1.20 bits per heavy atom. The minimum atomic E-state index is -1.07. The van der Waals surface area contributed by atoms with Gasteiger partial charge in [0.2, 0.25) is 0 Å². The molecule has 1 N–H and O–H groups in total. The van der Waals surface area contributed by atoms with Gasteiger partial charge in [0.1, 0.15) is 0 Å². The molecule has 0 saturated heterocycles. The third kappa shape index (κ3) is 19.1. The summed E-state index contributed by atoms with van der Waals surface area (Å²) in [6, 6.07) is 0. The molecule has 0 rings (SSSR count). The standard InChI is InChI=1S/C27H54BrNP/c1-4-7-10-13-16-19-25-30(29-24-22-23-28,26-20-17-14-11-8-5-2)27-21-18-15-12-9-6-3/h29H,4-21,24-27H2,1-3H3/q+1. The molecule has 0 aliphatic carbocycles. The molecule has 0 aliphatic heterocycles. The van der Waals surface area contributed by atoms with Gasteiger partial charge in [-0.05, 0) is 43.4 Å². The molecular formula is C27H54BrNP+. The van der Waals surface area contributed by atoms with Crippen molar-refractivity contribution in [3.8, 4) is 10.8 Å². The molecule has 0 spiro atoms. The molecule has 0 amide bonds. The van der Waals surface area contributed by atoms with Crippen molar-refractivity contribution in [3.63, 3.8) is 0 Å². The van der Waals surface area contributed by atoms with Crippen LogP contribution in [0.5, 0.6) is 0 Å². The summed E-state index contributed by atoms with van der Waals surface area (Å²) in [4.78, 5) is 2.93. The van der Waals surface area contributed by atoms with Crippen LogP contribution in [0.3, 0.4) is 0 Å². The van der Waals surface area contributed by atoms with Crippen LogP contribution in [0.1, 0.15) is 136 Å². The number of unbranched alkanes of at least 4 members (excludes halogenated alkanes) is 15. The molecule has 0 aromatic carbocycles. The van der Waals surface area contributed by atoms with E-state index in [4.69, 9.17) is 0 Å². The lowest BCUT2D eigenvalue weighted by Crippen LogP contribution is -2.25. The molecule has 0 heterocycles. The predicted octanol–water partition coefficient (Wildman–Crippen LogP) is 9.95. The van der Waals surface area contributed by atoms with Gasteiger partial charge in [-0.2, -0.15) is 5.09 Å². The summed E-state index contributed by atoms with van der Waals surface area (Å²) in [5, 5.41) is 4.05. The lowest BCUT2D eigenvalue weighted by atomic mass is 10.1. The van der Waals surface area contributed by atoms with Gasteiger partial charge in [0, 0.05) is 15.9 Å². The van der Waals surface area contributed by atoms with E-state index < -0.39 is 7.41 Å². The number of nitrogens with one attached hydrogen (secondary N) is 1. The molecule has 30 heavy (non-hydrogen) atoms. The van der Waals surface area contributed by atoms with Gasteiger partial charge in [-0.25, -0.2) is 0 Å². The average Bonchev–Trinajstić information content (AvgIpc) is 2.75. The summed E-state index contributed by atoms with van der Waals surface area (Å²) in [7, 11) is -1.07. The van der Waals surface area contributed by atoms with Crippen LogP contribution in [0.4, 0.5) is 0 Å². The van der Waals surface area contributed by atoms with Gasteiger partial charge in [-0.3, -0.25) is 0 Å². The normalized spacial score (nSPS) is 11.5. The first-order valence-corrected chi connectivity index (χ1v) is 16.6. The molecule has 0 bridgehead atoms. The Kier molecular flexibility index (Phi) is 24.4. The smallest absolute Gasteiger partial charge is 0.0920 e. The number of rotatable bonds is 23. The number of hydrogen-bond acceptors (Lipinski definition) is 1. The highest BCUT2D eigenvalue weighted by molar-refractivity contribution is 9.12. The van der Waals surface area contributed by atoms with E-state index in [0.29, 0.717) is 0 Å². The maximum absolute atomic E-state index is 4.05. The molecule has 0 aliphatic rings. The lowest BCUT2D eigenvalue weighted by Gasteiger charge is -2.28. The zero-order valence-corrected chi connectivity index (χ0v) is 23.4. The first-order valence-electron chi connectivity index (χ1n) is 13.4. The van der Waals surface area contributed by atoms with Gasteiger partial charge in [0.15, 0.2) is 0 Å². The molecular weight excluding hydrogens is 449 g/mol. The zero-order valence-electron chi connectivity index (χ0n) is 20.9. The van der Waals surface area contributed by atoms with Crippen LogP contribution in [0.25, 0.3) is 0 Å². The quantitative estimate of drug-likeness (QED) is 0.0831. The zero-order chi connectivity index (χ0) is 22.2. The summed E-state index contributed by atoms with van der Waals surface area (Å²) in [6.45, 7) is 7.81. The largest absolute Gasteiger partial charge is 0.181 e. The van der Waals surface area contributed by atoms with E-state index in [2.05, 4.69) is 52.5 Å². The fraction of sp³-hybridized carbons (Fsp3) is 0.926. The topological polar surface area (TPSA) is 12.0 Å². The van der Waals surface area contributed by atoms with E-state index in [9.17, 15) is 0 Å². The molecule has 0 saturated carbocycles. The molecule has 0 aromatic rings. The third-order valence-electron chi connectivity index (χ3n) is 6.39. The van der Waals surface area contributed by atoms with Crippen LogP contribution in [0.15, 0.2) is 0 Å². The van der Waals surface area contributed by atoms with Crippen molar-refractivity contribution < 1.29 is 0 Å². The Labute approximate surface area is 200 Å². The second kappa shape index (κ2) is 24.1.